The van der Waals surface area contributed by atoms with E-state index >= 15 is 0 Å². The molecule has 3 unspecified atom stereocenters. The Bertz CT molecular complexity index is 1250. The van der Waals surface area contributed by atoms with Crippen LogP contribution in [0.5, 0.6) is 0 Å². The normalized spacial score (nSPS) is 20.8. The van der Waals surface area contributed by atoms with E-state index in [-0.39, 0.29) is 28.7 Å². The smallest absolute Gasteiger partial charge is 0.269 e. The Morgan fingerprint density at radius 1 is 0.806 bits per heavy atom. The lowest BCUT2D eigenvalue weighted by Gasteiger charge is -2.42. The molecule has 0 bridgehead atoms. The predicted octanol–water partition coefficient (Wildman–Crippen LogP) is 5.05. The highest BCUT2D eigenvalue weighted by atomic mass is 32.1. The number of nitrogens with zero attached hydrogens (tertiary/aromatic N) is 2. The van der Waals surface area contributed by atoms with E-state index in [0.717, 1.165) is 22.0 Å². The van der Waals surface area contributed by atoms with Gasteiger partial charge in [-0.05, 0) is 40.9 Å². The number of nitro groups is 1. The number of thiocarbonyl (C=S) groups is 1. The van der Waals surface area contributed by atoms with Crippen molar-refractivity contribution in [3.05, 3.63) is 112 Å². The number of para-hydroxylation sites is 1. The van der Waals surface area contributed by atoms with Gasteiger partial charge >= 0.3 is 0 Å². The summed E-state index contributed by atoms with van der Waals surface area (Å²) in [5.74, 6) is 0. The highest BCUT2D eigenvalue weighted by molar-refractivity contribution is 7.80. The van der Waals surface area contributed by atoms with Gasteiger partial charge in [-0.3, -0.25) is 10.1 Å². The van der Waals surface area contributed by atoms with E-state index in [9.17, 15) is 10.1 Å². The molecule has 0 spiro atoms. The van der Waals surface area contributed by atoms with Crippen LogP contribution >= 0.6 is 12.2 Å². The Balaban J connectivity index is 1.67. The number of aromatic nitrogens is 1. The molecule has 3 aromatic carbocycles. The third-order valence-corrected chi connectivity index (χ3v) is 6.06. The quantitative estimate of drug-likeness (QED) is 0.270. The summed E-state index contributed by atoms with van der Waals surface area (Å²) in [5, 5.41) is 19.7. The van der Waals surface area contributed by atoms with Crippen molar-refractivity contribution < 1.29 is 4.92 Å². The number of benzene rings is 3. The van der Waals surface area contributed by atoms with E-state index in [2.05, 4.69) is 51.7 Å². The van der Waals surface area contributed by atoms with Gasteiger partial charge in [0.2, 0.25) is 0 Å². The van der Waals surface area contributed by atoms with Crippen LogP contribution in [0.4, 0.5) is 5.69 Å². The predicted molar refractivity (Wildman–Crippen MR) is 125 cm³/mol. The highest BCUT2D eigenvalue weighted by Gasteiger charge is 2.38. The maximum atomic E-state index is 11.1. The lowest BCUT2D eigenvalue weighted by Crippen LogP contribution is -2.52. The fourth-order valence-electron chi connectivity index (χ4n) is 4.40. The zero-order chi connectivity index (χ0) is 21.4. The number of hydrogen-bond donors (Lipinski definition) is 2. The van der Waals surface area contributed by atoms with E-state index in [1.165, 1.54) is 0 Å². The van der Waals surface area contributed by atoms with Crippen LogP contribution in [0.15, 0.2) is 91.1 Å². The van der Waals surface area contributed by atoms with Crippen molar-refractivity contribution in [1.29, 1.82) is 0 Å². The fourth-order valence-corrected chi connectivity index (χ4v) is 4.65. The molecule has 2 N–H and O–H groups in total. The van der Waals surface area contributed by atoms with Crippen LogP contribution in [0.25, 0.3) is 10.9 Å². The lowest BCUT2D eigenvalue weighted by atomic mass is 9.87. The van der Waals surface area contributed by atoms with Gasteiger partial charge < -0.3 is 15.2 Å². The molecule has 6 nitrogen and oxygen atoms in total. The second-order valence-corrected chi connectivity index (χ2v) is 8.01. The zero-order valence-corrected chi connectivity index (χ0v) is 17.3. The monoisotopic (exact) mass is 428 g/mol. The Hall–Kier alpha value is -3.71. The molecule has 1 aliphatic rings. The number of rotatable bonds is 4. The van der Waals surface area contributed by atoms with Crippen LogP contribution in [0.3, 0.4) is 0 Å². The van der Waals surface area contributed by atoms with Gasteiger partial charge in [-0.15, -0.1) is 0 Å². The molecule has 0 aliphatic carbocycles. The first-order valence-electron chi connectivity index (χ1n) is 10.0. The van der Waals surface area contributed by atoms with Crippen molar-refractivity contribution in [2.75, 3.05) is 0 Å². The van der Waals surface area contributed by atoms with Crippen LogP contribution in [-0.4, -0.2) is 14.6 Å². The molecule has 154 valence electrons. The first-order valence-corrected chi connectivity index (χ1v) is 10.4. The maximum Gasteiger partial charge on any atom is 0.269 e. The molecule has 0 radical (unpaired) electrons. The molecule has 4 aromatic rings. The third kappa shape index (κ3) is 3.53. The number of nitrogens with one attached hydrogen (secondary N) is 2. The zero-order valence-electron chi connectivity index (χ0n) is 16.5. The van der Waals surface area contributed by atoms with Gasteiger partial charge in [0, 0.05) is 23.8 Å². The van der Waals surface area contributed by atoms with Crippen LogP contribution < -0.4 is 10.6 Å². The lowest BCUT2D eigenvalue weighted by molar-refractivity contribution is -0.384. The van der Waals surface area contributed by atoms with E-state index in [1.807, 2.05) is 42.5 Å². The Kier molecular flexibility index (Phi) is 4.88. The molecular weight excluding hydrogens is 408 g/mol. The third-order valence-electron chi connectivity index (χ3n) is 5.83. The van der Waals surface area contributed by atoms with Crippen molar-refractivity contribution >= 4 is 33.9 Å². The summed E-state index contributed by atoms with van der Waals surface area (Å²) < 4.78 is 2.26. The average Bonchev–Trinajstić information content (AvgIpc) is 3.23. The summed E-state index contributed by atoms with van der Waals surface area (Å²) in [5.41, 5.74) is 3.26. The summed E-state index contributed by atoms with van der Waals surface area (Å²) in [6.45, 7) is 0. The average molecular weight is 429 g/mol. The first kappa shape index (κ1) is 19.3. The summed E-state index contributed by atoms with van der Waals surface area (Å²) in [4.78, 5) is 10.7. The largest absolute Gasteiger partial charge is 0.354 e. The molecule has 5 rings (SSSR count). The van der Waals surface area contributed by atoms with Crippen molar-refractivity contribution in [3.63, 3.8) is 0 Å². The van der Waals surface area contributed by atoms with Gasteiger partial charge in [0.1, 0.15) is 0 Å². The second-order valence-electron chi connectivity index (χ2n) is 7.60. The van der Waals surface area contributed by atoms with E-state index in [4.69, 9.17) is 12.2 Å². The summed E-state index contributed by atoms with van der Waals surface area (Å²) >= 11 is 5.57. The first-order chi connectivity index (χ1) is 15.1. The van der Waals surface area contributed by atoms with Gasteiger partial charge in [0.05, 0.1) is 23.0 Å². The molecule has 7 heteroatoms. The van der Waals surface area contributed by atoms with Crippen LogP contribution in [0.2, 0.25) is 0 Å². The van der Waals surface area contributed by atoms with Crippen molar-refractivity contribution in [1.82, 2.24) is 15.2 Å². The standard InChI is InChI=1S/C24H20N4O2S/c29-28(30)19-12-10-18(11-13-19)22-23(27-15-14-16-6-4-5-9-20(16)27)21(25-24(31)26-22)17-7-2-1-3-8-17/h1-15,21-23H,(H2,25,26,31). The number of fused-ring (bicyclic) bond motifs is 1. The minimum absolute atomic E-state index is 0.0598. The minimum Gasteiger partial charge on any atom is -0.354 e. The molecule has 2 heterocycles. The molecule has 1 aliphatic heterocycles. The number of hydrogen-bond acceptors (Lipinski definition) is 3. The highest BCUT2D eigenvalue weighted by Crippen LogP contribution is 2.41. The summed E-state index contributed by atoms with van der Waals surface area (Å²) in [7, 11) is 0. The van der Waals surface area contributed by atoms with Crippen molar-refractivity contribution in [2.24, 2.45) is 0 Å². The van der Waals surface area contributed by atoms with Crippen molar-refractivity contribution in [2.45, 2.75) is 18.1 Å². The van der Waals surface area contributed by atoms with E-state index < -0.39 is 0 Å². The minimum atomic E-state index is -0.381. The second kappa shape index (κ2) is 7.85. The van der Waals surface area contributed by atoms with Gasteiger partial charge in [-0.25, -0.2) is 0 Å². The molecular formula is C24H20N4O2S. The topological polar surface area (TPSA) is 72.1 Å². The Labute approximate surface area is 184 Å². The molecule has 3 atom stereocenters. The van der Waals surface area contributed by atoms with Gasteiger partial charge in [-0.2, -0.15) is 0 Å². The SMILES string of the molecule is O=[N+]([O-])c1ccc(C2NC(=S)NC(c3ccccc3)C2n2ccc3ccccc32)cc1. The van der Waals surface area contributed by atoms with E-state index in [1.54, 1.807) is 12.1 Å². The van der Waals surface area contributed by atoms with Crippen LogP contribution in [0, 0.1) is 10.1 Å². The fraction of sp³-hybridized carbons (Fsp3) is 0.125. The molecule has 0 saturated carbocycles. The number of nitro benzene ring substituents is 1. The van der Waals surface area contributed by atoms with Crippen LogP contribution in [-0.2, 0) is 0 Å². The molecule has 0 amide bonds. The Morgan fingerprint density at radius 3 is 2.10 bits per heavy atom. The molecule has 31 heavy (non-hydrogen) atoms. The number of non-ortho nitro benzene ring substituents is 1. The van der Waals surface area contributed by atoms with E-state index in [0.29, 0.717) is 5.11 Å². The van der Waals surface area contributed by atoms with Gasteiger partial charge in [0.15, 0.2) is 5.11 Å². The summed E-state index contributed by atoms with van der Waals surface area (Å²) in [6, 6.07) is 27.0. The molecule has 1 aromatic heterocycles. The van der Waals surface area contributed by atoms with Crippen LogP contribution in [0.1, 0.15) is 29.3 Å². The van der Waals surface area contributed by atoms with Crippen molar-refractivity contribution in [3.8, 4) is 0 Å². The summed E-state index contributed by atoms with van der Waals surface area (Å²) in [6.07, 6.45) is 2.10. The Morgan fingerprint density at radius 2 is 1.42 bits per heavy atom. The maximum absolute atomic E-state index is 11.1. The molecule has 1 fully saturated rings. The van der Waals surface area contributed by atoms with Gasteiger partial charge in [-0.1, -0.05) is 60.7 Å². The molecule has 1 saturated heterocycles. The van der Waals surface area contributed by atoms with Gasteiger partial charge in [0.25, 0.3) is 5.69 Å².